The molecule has 18 heavy (non-hydrogen) atoms. The van der Waals surface area contributed by atoms with Crippen LogP contribution >= 0.6 is 0 Å². The third-order valence-corrected chi connectivity index (χ3v) is 3.17. The van der Waals surface area contributed by atoms with Gasteiger partial charge in [0.25, 0.3) is 0 Å². The molecule has 0 saturated heterocycles. The van der Waals surface area contributed by atoms with Crippen LogP contribution in [0.25, 0.3) is 0 Å². The van der Waals surface area contributed by atoms with Gasteiger partial charge in [0.05, 0.1) is 17.8 Å². The van der Waals surface area contributed by atoms with Gasteiger partial charge < -0.3 is 15.7 Å². The fourth-order valence-corrected chi connectivity index (χ4v) is 2.17. The molecule has 4 nitrogen and oxygen atoms in total. The van der Waals surface area contributed by atoms with Gasteiger partial charge >= 0.3 is 6.03 Å². The van der Waals surface area contributed by atoms with Gasteiger partial charge in [-0.05, 0) is 25.0 Å². The molecule has 0 spiro atoms. The summed E-state index contributed by atoms with van der Waals surface area (Å²) in [5.74, 6) is -0.475. The molecule has 1 aliphatic carbocycles. The van der Waals surface area contributed by atoms with Crippen molar-refractivity contribution in [3.8, 4) is 0 Å². The van der Waals surface area contributed by atoms with Crippen LogP contribution in [0, 0.1) is 5.82 Å². The number of rotatable bonds is 2. The molecule has 2 atom stereocenters. The van der Waals surface area contributed by atoms with E-state index in [1.165, 1.54) is 12.1 Å². The summed E-state index contributed by atoms with van der Waals surface area (Å²) < 4.78 is 13.3. The van der Waals surface area contributed by atoms with Crippen molar-refractivity contribution in [1.82, 2.24) is 5.32 Å². The largest absolute Gasteiger partial charge is 0.391 e. The first-order chi connectivity index (χ1) is 8.66. The average molecular weight is 252 g/mol. The molecule has 2 unspecified atom stereocenters. The number of nitrogens with one attached hydrogen (secondary N) is 2. The Hall–Kier alpha value is -1.62. The number of halogens is 1. The van der Waals surface area contributed by atoms with Crippen molar-refractivity contribution in [2.24, 2.45) is 0 Å². The third kappa shape index (κ3) is 3.20. The maximum atomic E-state index is 13.3. The Labute approximate surface area is 105 Å². The molecule has 1 aromatic carbocycles. The Morgan fingerprint density at radius 1 is 1.28 bits per heavy atom. The number of carbonyl (C=O) groups is 1. The Kier molecular flexibility index (Phi) is 4.15. The smallest absolute Gasteiger partial charge is 0.319 e. The highest BCUT2D eigenvalue weighted by Crippen LogP contribution is 2.18. The van der Waals surface area contributed by atoms with E-state index >= 15 is 0 Å². The van der Waals surface area contributed by atoms with E-state index in [1.54, 1.807) is 12.1 Å². The van der Waals surface area contributed by atoms with Gasteiger partial charge in [0.15, 0.2) is 0 Å². The third-order valence-electron chi connectivity index (χ3n) is 3.17. The highest BCUT2D eigenvalue weighted by molar-refractivity contribution is 5.89. The zero-order valence-corrected chi connectivity index (χ0v) is 10.0. The summed E-state index contributed by atoms with van der Waals surface area (Å²) in [5.41, 5.74) is 0.139. The minimum Gasteiger partial charge on any atom is -0.391 e. The summed E-state index contributed by atoms with van der Waals surface area (Å²) >= 11 is 0. The van der Waals surface area contributed by atoms with Crippen LogP contribution in [-0.2, 0) is 0 Å². The van der Waals surface area contributed by atoms with Gasteiger partial charge in [-0.3, -0.25) is 0 Å². The number of carbonyl (C=O) groups excluding carboxylic acids is 1. The van der Waals surface area contributed by atoms with E-state index in [0.29, 0.717) is 6.42 Å². The normalized spacial score (nSPS) is 23.4. The van der Waals surface area contributed by atoms with E-state index < -0.39 is 18.0 Å². The number of benzene rings is 1. The van der Waals surface area contributed by atoms with Crippen LogP contribution in [0.2, 0.25) is 0 Å². The van der Waals surface area contributed by atoms with Crippen LogP contribution in [-0.4, -0.2) is 23.3 Å². The number of anilines is 1. The molecule has 0 aromatic heterocycles. The molecule has 2 rings (SSSR count). The summed E-state index contributed by atoms with van der Waals surface area (Å²) in [7, 11) is 0. The Morgan fingerprint density at radius 2 is 2.00 bits per heavy atom. The van der Waals surface area contributed by atoms with Crippen molar-refractivity contribution < 1.29 is 14.3 Å². The van der Waals surface area contributed by atoms with Crippen LogP contribution < -0.4 is 10.6 Å². The molecule has 0 bridgehead atoms. The van der Waals surface area contributed by atoms with Gasteiger partial charge in [0.1, 0.15) is 5.82 Å². The highest BCUT2D eigenvalue weighted by Gasteiger charge is 2.24. The second kappa shape index (κ2) is 5.82. The second-order valence-corrected chi connectivity index (χ2v) is 4.54. The number of hydrogen-bond acceptors (Lipinski definition) is 2. The predicted molar refractivity (Wildman–Crippen MR) is 66.8 cm³/mol. The molecule has 2 amide bonds. The first-order valence-electron chi connectivity index (χ1n) is 6.17. The van der Waals surface area contributed by atoms with Crippen molar-refractivity contribution >= 4 is 11.7 Å². The SMILES string of the molecule is O=C(Nc1ccccc1F)NC1CCCCC1O. The molecular formula is C13H17FN2O2. The van der Waals surface area contributed by atoms with Crippen molar-refractivity contribution in [1.29, 1.82) is 0 Å². The molecule has 98 valence electrons. The zero-order chi connectivity index (χ0) is 13.0. The quantitative estimate of drug-likeness (QED) is 0.756. The Morgan fingerprint density at radius 3 is 2.72 bits per heavy atom. The molecule has 0 radical (unpaired) electrons. The first-order valence-corrected chi connectivity index (χ1v) is 6.17. The molecule has 1 fully saturated rings. The summed E-state index contributed by atoms with van der Waals surface area (Å²) in [4.78, 5) is 11.7. The number of aliphatic hydroxyl groups is 1. The minimum absolute atomic E-state index is 0.139. The van der Waals surface area contributed by atoms with Gasteiger partial charge in [0.2, 0.25) is 0 Å². The molecule has 1 aromatic rings. The number of hydrogen-bond donors (Lipinski definition) is 3. The highest BCUT2D eigenvalue weighted by atomic mass is 19.1. The molecule has 1 saturated carbocycles. The lowest BCUT2D eigenvalue weighted by Gasteiger charge is -2.28. The van der Waals surface area contributed by atoms with Crippen molar-refractivity contribution in [2.75, 3.05) is 5.32 Å². The molecule has 0 heterocycles. The second-order valence-electron chi connectivity index (χ2n) is 4.54. The summed E-state index contributed by atoms with van der Waals surface area (Å²) in [6.45, 7) is 0. The van der Waals surface area contributed by atoms with Gasteiger partial charge in [0, 0.05) is 0 Å². The summed E-state index contributed by atoms with van der Waals surface area (Å²) in [5, 5.41) is 14.8. The lowest BCUT2D eigenvalue weighted by molar-refractivity contribution is 0.0955. The lowest BCUT2D eigenvalue weighted by atomic mass is 9.93. The van der Waals surface area contributed by atoms with E-state index in [1.807, 2.05) is 0 Å². The van der Waals surface area contributed by atoms with Crippen LogP contribution in [0.1, 0.15) is 25.7 Å². The first kappa shape index (κ1) is 12.8. The number of urea groups is 1. The van der Waals surface area contributed by atoms with Crippen LogP contribution in [0.5, 0.6) is 0 Å². The minimum atomic E-state index is -0.509. The topological polar surface area (TPSA) is 61.4 Å². The molecule has 0 aliphatic heterocycles. The van der Waals surface area contributed by atoms with Gasteiger partial charge in [-0.2, -0.15) is 0 Å². The van der Waals surface area contributed by atoms with E-state index in [9.17, 15) is 14.3 Å². The van der Waals surface area contributed by atoms with Crippen LogP contribution in [0.3, 0.4) is 0 Å². The molecule has 3 N–H and O–H groups in total. The molecule has 5 heteroatoms. The Balaban J connectivity index is 1.90. The maximum Gasteiger partial charge on any atom is 0.319 e. The average Bonchev–Trinajstić information content (AvgIpc) is 2.35. The zero-order valence-electron chi connectivity index (χ0n) is 10.0. The summed E-state index contributed by atoms with van der Waals surface area (Å²) in [6.07, 6.45) is 2.91. The standard InChI is InChI=1S/C13H17FN2O2/c14-9-5-1-2-6-10(9)15-13(18)16-11-7-3-4-8-12(11)17/h1-2,5-6,11-12,17H,3-4,7-8H2,(H2,15,16,18). The number of amides is 2. The molecule has 1 aliphatic rings. The van der Waals surface area contributed by atoms with Gasteiger partial charge in [-0.25, -0.2) is 9.18 Å². The number of para-hydroxylation sites is 1. The lowest BCUT2D eigenvalue weighted by Crippen LogP contribution is -2.46. The summed E-state index contributed by atoms with van der Waals surface area (Å²) in [6, 6.07) is 5.26. The van der Waals surface area contributed by atoms with Crippen molar-refractivity contribution in [3.63, 3.8) is 0 Å². The van der Waals surface area contributed by atoms with Gasteiger partial charge in [-0.1, -0.05) is 25.0 Å². The van der Waals surface area contributed by atoms with Crippen LogP contribution in [0.15, 0.2) is 24.3 Å². The van der Waals surface area contributed by atoms with Crippen molar-refractivity contribution in [3.05, 3.63) is 30.1 Å². The number of aliphatic hydroxyl groups excluding tert-OH is 1. The van der Waals surface area contributed by atoms with Crippen molar-refractivity contribution in [2.45, 2.75) is 37.8 Å². The fraction of sp³-hybridized carbons (Fsp3) is 0.462. The predicted octanol–water partition coefficient (Wildman–Crippen LogP) is 2.25. The van der Waals surface area contributed by atoms with Gasteiger partial charge in [-0.15, -0.1) is 0 Å². The van der Waals surface area contributed by atoms with Crippen LogP contribution in [0.4, 0.5) is 14.9 Å². The van der Waals surface area contributed by atoms with E-state index in [0.717, 1.165) is 19.3 Å². The molecular weight excluding hydrogens is 235 g/mol. The Bertz CT molecular complexity index is 425. The monoisotopic (exact) mass is 252 g/mol. The maximum absolute atomic E-state index is 13.3. The fourth-order valence-electron chi connectivity index (χ4n) is 2.17. The van der Waals surface area contributed by atoms with E-state index in [4.69, 9.17) is 0 Å². The van der Waals surface area contributed by atoms with E-state index in [-0.39, 0.29) is 11.7 Å². The van der Waals surface area contributed by atoms with E-state index in [2.05, 4.69) is 10.6 Å².